The van der Waals surface area contributed by atoms with Gasteiger partial charge in [-0.1, -0.05) is 48.5 Å². The zero-order valence-corrected chi connectivity index (χ0v) is 18.9. The van der Waals surface area contributed by atoms with Gasteiger partial charge in [0.2, 0.25) is 5.91 Å². The number of thiazole rings is 1. The van der Waals surface area contributed by atoms with E-state index in [0.717, 1.165) is 31.8 Å². The number of anilines is 1. The summed E-state index contributed by atoms with van der Waals surface area (Å²) >= 11 is 1.63. The molecule has 0 fully saturated rings. The van der Waals surface area contributed by atoms with E-state index < -0.39 is 0 Å². The molecule has 1 amide bonds. The molecule has 5 nitrogen and oxygen atoms in total. The molecule has 0 aliphatic rings. The van der Waals surface area contributed by atoms with E-state index in [0.29, 0.717) is 16.5 Å². The largest absolute Gasteiger partial charge is 0.331 e. The lowest BCUT2D eigenvalue weighted by Gasteiger charge is -2.15. The Kier molecular flexibility index (Phi) is 4.93. The molecule has 6 rings (SSSR count). The molecule has 0 bridgehead atoms. The predicted octanol–water partition coefficient (Wildman–Crippen LogP) is 6.07. The highest BCUT2D eigenvalue weighted by atomic mass is 32.1. The van der Waals surface area contributed by atoms with Gasteiger partial charge in [-0.15, -0.1) is 11.3 Å². The van der Waals surface area contributed by atoms with E-state index in [1.54, 1.807) is 23.5 Å². The molecule has 2 aromatic heterocycles. The van der Waals surface area contributed by atoms with Crippen LogP contribution >= 0.6 is 11.3 Å². The maximum Gasteiger partial charge on any atom is 0.244 e. The number of carbonyl (C=O) groups is 1. The van der Waals surface area contributed by atoms with Gasteiger partial charge < -0.3 is 9.88 Å². The maximum absolute atomic E-state index is 13.1. The van der Waals surface area contributed by atoms with Crippen molar-refractivity contribution < 1.29 is 4.79 Å². The molecular formula is C28H19N3O2S. The third kappa shape index (κ3) is 3.54. The van der Waals surface area contributed by atoms with Crippen molar-refractivity contribution in [1.29, 1.82) is 0 Å². The number of hydrogen-bond donors (Lipinski definition) is 1. The first-order valence-electron chi connectivity index (χ1n) is 10.9. The molecule has 6 heteroatoms. The topological polar surface area (TPSA) is 64.0 Å². The van der Waals surface area contributed by atoms with Crippen LogP contribution in [0.25, 0.3) is 42.6 Å². The van der Waals surface area contributed by atoms with Gasteiger partial charge in [-0.25, -0.2) is 4.98 Å². The summed E-state index contributed by atoms with van der Waals surface area (Å²) in [7, 11) is 0. The summed E-state index contributed by atoms with van der Waals surface area (Å²) in [5, 5.41) is 5.14. The monoisotopic (exact) mass is 461 g/mol. The molecule has 0 saturated carbocycles. The van der Waals surface area contributed by atoms with Crippen LogP contribution in [0.4, 0.5) is 5.69 Å². The SMILES string of the molecule is O=C(Cn1c2ccccc2c(=O)c2ccccc21)Nc1cccc(-c2nc3ccccc3s2)c1. The van der Waals surface area contributed by atoms with E-state index in [2.05, 4.69) is 11.4 Å². The van der Waals surface area contributed by atoms with Crippen LogP contribution in [0.3, 0.4) is 0 Å². The summed E-state index contributed by atoms with van der Waals surface area (Å²) in [5.74, 6) is -0.166. The van der Waals surface area contributed by atoms with Gasteiger partial charge in [0.15, 0.2) is 5.43 Å². The van der Waals surface area contributed by atoms with Crippen LogP contribution < -0.4 is 10.7 Å². The van der Waals surface area contributed by atoms with Crippen LogP contribution in [0.1, 0.15) is 0 Å². The number of fused-ring (bicyclic) bond motifs is 3. The lowest BCUT2D eigenvalue weighted by Crippen LogP contribution is -2.21. The lowest BCUT2D eigenvalue weighted by molar-refractivity contribution is -0.116. The molecule has 0 radical (unpaired) electrons. The number of nitrogens with one attached hydrogen (secondary N) is 1. The maximum atomic E-state index is 13.1. The van der Waals surface area contributed by atoms with Gasteiger partial charge in [0.05, 0.1) is 21.3 Å². The fourth-order valence-corrected chi connectivity index (χ4v) is 5.28. The normalized spacial score (nSPS) is 11.3. The standard InChI is InChI=1S/C28H19N3O2S/c32-26(17-31-23-13-4-1-10-20(23)27(33)21-11-2-5-14-24(21)31)29-19-9-7-8-18(16-19)28-30-22-12-3-6-15-25(22)34-28/h1-16H,17H2,(H,29,32). The second-order valence-corrected chi connectivity index (χ2v) is 9.10. The molecule has 0 aliphatic carbocycles. The fourth-order valence-electron chi connectivity index (χ4n) is 4.32. The first-order chi connectivity index (χ1) is 16.7. The first kappa shape index (κ1) is 20.3. The Morgan fingerprint density at radius 1 is 0.824 bits per heavy atom. The van der Waals surface area contributed by atoms with Gasteiger partial charge in [-0.05, 0) is 48.5 Å². The van der Waals surface area contributed by atoms with Gasteiger partial charge in [-0.2, -0.15) is 0 Å². The summed E-state index contributed by atoms with van der Waals surface area (Å²) in [6.07, 6.45) is 0. The van der Waals surface area contributed by atoms with Crippen molar-refractivity contribution in [3.63, 3.8) is 0 Å². The highest BCUT2D eigenvalue weighted by Crippen LogP contribution is 2.31. The zero-order valence-electron chi connectivity index (χ0n) is 18.1. The minimum atomic E-state index is -0.166. The summed E-state index contributed by atoms with van der Waals surface area (Å²) in [5.41, 5.74) is 4.09. The Bertz CT molecular complexity index is 1670. The number of benzene rings is 4. The van der Waals surface area contributed by atoms with Crippen molar-refractivity contribution in [2.45, 2.75) is 6.54 Å². The van der Waals surface area contributed by atoms with Crippen LogP contribution in [-0.4, -0.2) is 15.5 Å². The Morgan fingerprint density at radius 3 is 2.24 bits per heavy atom. The second kappa shape index (κ2) is 8.24. The molecule has 6 aromatic rings. The van der Waals surface area contributed by atoms with E-state index in [4.69, 9.17) is 4.98 Å². The average molecular weight is 462 g/mol. The number of hydrogen-bond acceptors (Lipinski definition) is 4. The van der Waals surface area contributed by atoms with E-state index >= 15 is 0 Å². The van der Waals surface area contributed by atoms with Crippen LogP contribution in [0, 0.1) is 0 Å². The minimum Gasteiger partial charge on any atom is -0.331 e. The van der Waals surface area contributed by atoms with Gasteiger partial charge >= 0.3 is 0 Å². The number of nitrogens with zero attached hydrogens (tertiary/aromatic N) is 2. The van der Waals surface area contributed by atoms with Gasteiger partial charge in [-0.3, -0.25) is 9.59 Å². The van der Waals surface area contributed by atoms with Crippen molar-refractivity contribution >= 4 is 55.0 Å². The fraction of sp³-hybridized carbons (Fsp3) is 0.0357. The molecule has 2 heterocycles. The van der Waals surface area contributed by atoms with Gasteiger partial charge in [0.1, 0.15) is 11.6 Å². The van der Waals surface area contributed by atoms with Crippen LogP contribution in [0.15, 0.2) is 102 Å². The Morgan fingerprint density at radius 2 is 1.50 bits per heavy atom. The molecule has 0 spiro atoms. The Balaban J connectivity index is 1.34. The number of para-hydroxylation sites is 3. The number of pyridine rings is 1. The third-order valence-corrected chi connectivity index (χ3v) is 6.95. The van der Waals surface area contributed by atoms with E-state index in [1.807, 2.05) is 83.4 Å². The number of aromatic nitrogens is 2. The van der Waals surface area contributed by atoms with Gasteiger partial charge in [0, 0.05) is 22.0 Å². The van der Waals surface area contributed by atoms with Crippen LogP contribution in [0.2, 0.25) is 0 Å². The highest BCUT2D eigenvalue weighted by molar-refractivity contribution is 7.21. The highest BCUT2D eigenvalue weighted by Gasteiger charge is 2.13. The molecule has 4 aromatic carbocycles. The summed E-state index contributed by atoms with van der Waals surface area (Å²) in [6.45, 7) is 0.0900. The van der Waals surface area contributed by atoms with Gasteiger partial charge in [0.25, 0.3) is 0 Å². The van der Waals surface area contributed by atoms with Crippen LogP contribution in [-0.2, 0) is 11.3 Å². The van der Waals surface area contributed by atoms with E-state index in [1.165, 1.54) is 0 Å². The zero-order chi connectivity index (χ0) is 23.1. The van der Waals surface area contributed by atoms with Crippen molar-refractivity contribution in [2.75, 3.05) is 5.32 Å². The molecular weight excluding hydrogens is 442 g/mol. The predicted molar refractivity (Wildman–Crippen MR) is 139 cm³/mol. The summed E-state index contributed by atoms with van der Waals surface area (Å²) in [4.78, 5) is 30.8. The second-order valence-electron chi connectivity index (χ2n) is 8.07. The van der Waals surface area contributed by atoms with Crippen molar-refractivity contribution in [1.82, 2.24) is 9.55 Å². The minimum absolute atomic E-state index is 0.0219. The Labute approximate surface area is 198 Å². The summed E-state index contributed by atoms with van der Waals surface area (Å²) < 4.78 is 3.03. The van der Waals surface area contributed by atoms with E-state index in [9.17, 15) is 9.59 Å². The quantitative estimate of drug-likeness (QED) is 0.324. The average Bonchev–Trinajstić information content (AvgIpc) is 3.31. The molecule has 0 saturated heterocycles. The molecule has 0 unspecified atom stereocenters. The van der Waals surface area contributed by atoms with Crippen molar-refractivity contribution in [3.8, 4) is 10.6 Å². The van der Waals surface area contributed by atoms with Crippen LogP contribution in [0.5, 0.6) is 0 Å². The third-order valence-electron chi connectivity index (χ3n) is 5.87. The lowest BCUT2D eigenvalue weighted by atomic mass is 10.1. The molecule has 34 heavy (non-hydrogen) atoms. The van der Waals surface area contributed by atoms with Crippen molar-refractivity contribution in [2.24, 2.45) is 0 Å². The number of rotatable bonds is 4. The Hall–Kier alpha value is -4.29. The number of amides is 1. The smallest absolute Gasteiger partial charge is 0.244 e. The number of carbonyl (C=O) groups excluding carboxylic acids is 1. The van der Waals surface area contributed by atoms with E-state index in [-0.39, 0.29) is 17.9 Å². The molecule has 0 atom stereocenters. The molecule has 164 valence electrons. The van der Waals surface area contributed by atoms with Crippen molar-refractivity contribution in [3.05, 3.63) is 107 Å². The molecule has 1 N–H and O–H groups in total. The first-order valence-corrected chi connectivity index (χ1v) is 11.8. The summed E-state index contributed by atoms with van der Waals surface area (Å²) in [6, 6.07) is 30.6. The molecule has 0 aliphatic heterocycles.